The second kappa shape index (κ2) is 6.40. The van der Waals surface area contributed by atoms with E-state index in [2.05, 4.69) is 29.3 Å². The molecule has 1 aromatic rings. The van der Waals surface area contributed by atoms with Gasteiger partial charge in [0.1, 0.15) is 0 Å². The highest BCUT2D eigenvalue weighted by Gasteiger charge is 2.20. The van der Waals surface area contributed by atoms with Crippen LogP contribution in [-0.2, 0) is 12.3 Å². The van der Waals surface area contributed by atoms with E-state index in [1.54, 1.807) is 0 Å². The second-order valence-electron chi connectivity index (χ2n) is 4.71. The van der Waals surface area contributed by atoms with Crippen LogP contribution in [0.2, 0.25) is 0 Å². The minimum absolute atomic E-state index is 0.657. The van der Waals surface area contributed by atoms with Crippen molar-refractivity contribution >= 4 is 11.8 Å². The van der Waals surface area contributed by atoms with E-state index in [1.807, 2.05) is 11.8 Å². The predicted molar refractivity (Wildman–Crippen MR) is 69.8 cm³/mol. The molecule has 1 aromatic heterocycles. The lowest BCUT2D eigenvalue weighted by molar-refractivity contribution is 0.363. The van der Waals surface area contributed by atoms with E-state index in [1.165, 1.54) is 19.3 Å². The van der Waals surface area contributed by atoms with Crippen molar-refractivity contribution in [3.8, 4) is 0 Å². The first-order chi connectivity index (χ1) is 8.28. The number of aromatic nitrogens is 2. The van der Waals surface area contributed by atoms with Gasteiger partial charge in [0.25, 0.3) is 0 Å². The molecule has 0 amide bonds. The van der Waals surface area contributed by atoms with E-state index in [0.717, 1.165) is 24.0 Å². The van der Waals surface area contributed by atoms with E-state index < -0.39 is 0 Å². The molecule has 1 aliphatic rings. The van der Waals surface area contributed by atoms with Crippen LogP contribution in [0.1, 0.15) is 44.8 Å². The van der Waals surface area contributed by atoms with E-state index in [4.69, 9.17) is 4.52 Å². The number of hydrogen-bond donors (Lipinski definition) is 1. The zero-order valence-corrected chi connectivity index (χ0v) is 11.4. The highest BCUT2D eigenvalue weighted by molar-refractivity contribution is 7.99. The fourth-order valence-electron chi connectivity index (χ4n) is 1.46. The Labute approximate surface area is 107 Å². The van der Waals surface area contributed by atoms with E-state index in [0.29, 0.717) is 17.7 Å². The highest BCUT2D eigenvalue weighted by atomic mass is 32.2. The Balaban J connectivity index is 1.67. The zero-order valence-electron chi connectivity index (χ0n) is 10.6. The standard InChI is InChI=1S/C12H21N3OS/c1-3-9(2)17-8-11-14-12(16-15-11)7-13-6-10-4-5-10/h9-10,13H,3-8H2,1-2H3. The van der Waals surface area contributed by atoms with Crippen LogP contribution in [-0.4, -0.2) is 21.9 Å². The smallest absolute Gasteiger partial charge is 0.240 e. The minimum atomic E-state index is 0.657. The molecule has 1 atom stereocenters. The van der Waals surface area contributed by atoms with Gasteiger partial charge < -0.3 is 9.84 Å². The topological polar surface area (TPSA) is 51.0 Å². The Morgan fingerprint density at radius 3 is 3.06 bits per heavy atom. The number of nitrogens with one attached hydrogen (secondary N) is 1. The summed E-state index contributed by atoms with van der Waals surface area (Å²) in [6.07, 6.45) is 3.92. The molecule has 1 saturated carbocycles. The first-order valence-electron chi connectivity index (χ1n) is 6.41. The Morgan fingerprint density at radius 1 is 1.53 bits per heavy atom. The SMILES string of the molecule is CCC(C)SCc1noc(CNCC2CC2)n1. The van der Waals surface area contributed by atoms with E-state index in [9.17, 15) is 0 Å². The van der Waals surface area contributed by atoms with Crippen molar-refractivity contribution in [2.24, 2.45) is 5.92 Å². The number of rotatable bonds is 8. The third-order valence-corrected chi connectivity index (χ3v) is 4.32. The van der Waals surface area contributed by atoms with E-state index in [-0.39, 0.29) is 0 Å². The van der Waals surface area contributed by atoms with Gasteiger partial charge >= 0.3 is 0 Å². The molecular weight excluding hydrogens is 234 g/mol. The Hall–Kier alpha value is -0.550. The quantitative estimate of drug-likeness (QED) is 0.774. The molecule has 1 heterocycles. The molecule has 5 heteroatoms. The Morgan fingerprint density at radius 2 is 2.35 bits per heavy atom. The lowest BCUT2D eigenvalue weighted by Crippen LogP contribution is -2.16. The number of thioether (sulfide) groups is 1. The van der Waals surface area contributed by atoms with Gasteiger partial charge in [-0.1, -0.05) is 19.0 Å². The molecule has 0 aromatic carbocycles. The van der Waals surface area contributed by atoms with Gasteiger partial charge in [-0.3, -0.25) is 0 Å². The number of nitrogens with zero attached hydrogens (tertiary/aromatic N) is 2. The molecule has 96 valence electrons. The van der Waals surface area contributed by atoms with Crippen LogP contribution >= 0.6 is 11.8 Å². The molecule has 0 spiro atoms. The van der Waals surface area contributed by atoms with Crippen molar-refractivity contribution < 1.29 is 4.52 Å². The van der Waals surface area contributed by atoms with Crippen LogP contribution in [0.5, 0.6) is 0 Å². The molecule has 0 aliphatic heterocycles. The van der Waals surface area contributed by atoms with Gasteiger partial charge in [-0.15, -0.1) is 0 Å². The summed E-state index contributed by atoms with van der Waals surface area (Å²) in [6, 6.07) is 0. The van der Waals surface area contributed by atoms with Crippen molar-refractivity contribution in [2.45, 2.75) is 50.7 Å². The summed E-state index contributed by atoms with van der Waals surface area (Å²) in [6.45, 7) is 6.21. The molecule has 1 unspecified atom stereocenters. The maximum absolute atomic E-state index is 5.20. The van der Waals surface area contributed by atoms with Crippen LogP contribution < -0.4 is 5.32 Å². The maximum Gasteiger partial charge on any atom is 0.240 e. The lowest BCUT2D eigenvalue weighted by atomic mass is 10.4. The largest absolute Gasteiger partial charge is 0.338 e. The van der Waals surface area contributed by atoms with Gasteiger partial charge in [0.05, 0.1) is 12.3 Å². The van der Waals surface area contributed by atoms with Crippen LogP contribution in [0, 0.1) is 5.92 Å². The zero-order chi connectivity index (χ0) is 12.1. The Bertz CT molecular complexity index is 338. The molecule has 2 rings (SSSR count). The third kappa shape index (κ3) is 4.68. The van der Waals surface area contributed by atoms with E-state index >= 15 is 0 Å². The van der Waals surface area contributed by atoms with Crippen LogP contribution in [0.3, 0.4) is 0 Å². The van der Waals surface area contributed by atoms with Gasteiger partial charge in [-0.2, -0.15) is 16.7 Å². The normalized spacial score (nSPS) is 17.3. The molecule has 1 aliphatic carbocycles. The Kier molecular flexibility index (Phi) is 4.86. The molecule has 0 bridgehead atoms. The van der Waals surface area contributed by atoms with Crippen LogP contribution in [0.25, 0.3) is 0 Å². The van der Waals surface area contributed by atoms with Crippen LogP contribution in [0.15, 0.2) is 4.52 Å². The first kappa shape index (κ1) is 12.9. The summed E-state index contributed by atoms with van der Waals surface area (Å²) in [7, 11) is 0. The highest BCUT2D eigenvalue weighted by Crippen LogP contribution is 2.27. The lowest BCUT2D eigenvalue weighted by Gasteiger charge is -2.04. The minimum Gasteiger partial charge on any atom is -0.338 e. The maximum atomic E-state index is 5.20. The summed E-state index contributed by atoms with van der Waals surface area (Å²) in [4.78, 5) is 4.37. The summed E-state index contributed by atoms with van der Waals surface area (Å²) in [5.74, 6) is 3.27. The molecule has 1 N–H and O–H groups in total. The number of hydrogen-bond acceptors (Lipinski definition) is 5. The molecule has 17 heavy (non-hydrogen) atoms. The van der Waals surface area contributed by atoms with Crippen molar-refractivity contribution in [3.63, 3.8) is 0 Å². The van der Waals surface area contributed by atoms with Gasteiger partial charge in [0, 0.05) is 5.25 Å². The van der Waals surface area contributed by atoms with Crippen molar-refractivity contribution in [2.75, 3.05) is 6.54 Å². The fraction of sp³-hybridized carbons (Fsp3) is 0.833. The summed E-state index contributed by atoms with van der Waals surface area (Å²) in [5.41, 5.74) is 0. The van der Waals surface area contributed by atoms with Crippen LogP contribution in [0.4, 0.5) is 0 Å². The molecule has 0 saturated heterocycles. The van der Waals surface area contributed by atoms with Gasteiger partial charge in [-0.25, -0.2) is 0 Å². The third-order valence-electron chi connectivity index (χ3n) is 2.99. The first-order valence-corrected chi connectivity index (χ1v) is 7.46. The second-order valence-corrected chi connectivity index (χ2v) is 6.14. The average molecular weight is 255 g/mol. The summed E-state index contributed by atoms with van der Waals surface area (Å²) < 4.78 is 5.20. The molecule has 4 nitrogen and oxygen atoms in total. The fourth-order valence-corrected chi connectivity index (χ4v) is 2.25. The van der Waals surface area contributed by atoms with Gasteiger partial charge in [0.2, 0.25) is 5.89 Å². The van der Waals surface area contributed by atoms with Crippen molar-refractivity contribution in [3.05, 3.63) is 11.7 Å². The monoisotopic (exact) mass is 255 g/mol. The van der Waals surface area contributed by atoms with Gasteiger partial charge in [-0.05, 0) is 31.7 Å². The summed E-state index contributed by atoms with van der Waals surface area (Å²) in [5, 5.41) is 8.00. The van der Waals surface area contributed by atoms with Gasteiger partial charge in [0.15, 0.2) is 5.82 Å². The molecule has 1 fully saturated rings. The molecule has 0 radical (unpaired) electrons. The van der Waals surface area contributed by atoms with Crippen molar-refractivity contribution in [1.82, 2.24) is 15.5 Å². The summed E-state index contributed by atoms with van der Waals surface area (Å²) >= 11 is 1.88. The van der Waals surface area contributed by atoms with Crippen molar-refractivity contribution in [1.29, 1.82) is 0 Å². The average Bonchev–Trinajstić information content (AvgIpc) is 3.05. The predicted octanol–water partition coefficient (Wildman–Crippen LogP) is 2.60. The molecular formula is C12H21N3OS.